The van der Waals surface area contributed by atoms with Crippen LogP contribution in [0.3, 0.4) is 0 Å². The number of aliphatic hydroxyl groups excluding tert-OH is 8. The van der Waals surface area contributed by atoms with Crippen LogP contribution in [0.25, 0.3) is 0 Å². The maximum atomic E-state index is 13.6. The van der Waals surface area contributed by atoms with E-state index in [0.29, 0.717) is 7.11 Å². The molecule has 8 aliphatic heterocycles. The highest BCUT2D eigenvalue weighted by Crippen LogP contribution is 2.43. The van der Waals surface area contributed by atoms with Gasteiger partial charge in [-0.15, -0.1) is 0 Å². The van der Waals surface area contributed by atoms with Crippen LogP contribution in [0.2, 0.25) is 0 Å². The molecule has 0 spiro atoms. The van der Waals surface area contributed by atoms with Gasteiger partial charge in [-0.25, -0.2) is 56.8 Å². The number of aliphatic carboxylic acids is 4. The van der Waals surface area contributed by atoms with Crippen LogP contribution in [0, 0.1) is 0 Å². The van der Waals surface area contributed by atoms with Crippen molar-refractivity contribution in [1.29, 1.82) is 0 Å². The molecule has 854 valence electrons. The van der Waals surface area contributed by atoms with Crippen LogP contribution < -0.4 is 18.9 Å². The Kier molecular flexibility index (Phi) is 41.5. The van der Waals surface area contributed by atoms with Crippen LogP contribution in [-0.4, -0.2) is 533 Å². The highest BCUT2D eigenvalue weighted by Gasteiger charge is 2.66. The molecule has 146 heavy (non-hydrogen) atoms. The van der Waals surface area contributed by atoms with Gasteiger partial charge in [0.2, 0.25) is 0 Å². The molecule has 29 N–H and O–H groups in total. The number of carbonyl (C=O) groups is 4. The number of hydrogen-bond donors (Lipinski definition) is 29. The first-order valence-corrected chi connectivity index (χ1v) is 55.5. The lowest BCUT2D eigenvalue weighted by molar-refractivity contribution is -0.378. The molecule has 84 nitrogen and oxygen atoms in total. The number of methoxy groups -OCH3 is 1. The molecule has 0 saturated carbocycles. The van der Waals surface area contributed by atoms with Gasteiger partial charge in [-0.2, -0.15) is 128 Å². The van der Waals surface area contributed by atoms with Crippen LogP contribution in [0.5, 0.6) is 0 Å². The predicted octanol–water partition coefficient (Wildman–Crippen LogP) is -21.4. The van der Waals surface area contributed by atoms with Crippen molar-refractivity contribution >= 4 is 159 Å². The Hall–Kier alpha value is -4.77. The zero-order valence-corrected chi connectivity index (χ0v) is 80.5. The summed E-state index contributed by atoms with van der Waals surface area (Å²) in [4.78, 5) is 52.3. The van der Waals surface area contributed by atoms with E-state index < -0.39 is 431 Å². The summed E-state index contributed by atoms with van der Waals surface area (Å²) in [6, 6.07) is -12.7. The third kappa shape index (κ3) is 36.4. The molecular weight excluding hydrogens is 2340 g/mol. The second kappa shape index (κ2) is 47.9. The summed E-state index contributed by atoms with van der Waals surface area (Å²) in [6.45, 7) is -8.23. The van der Waals surface area contributed by atoms with E-state index in [1.807, 2.05) is 0 Å². The van der Waals surface area contributed by atoms with Gasteiger partial charge in [0.1, 0.15) is 146 Å². The zero-order chi connectivity index (χ0) is 111. The summed E-state index contributed by atoms with van der Waals surface area (Å²) < 4.78 is 580. The fourth-order valence-electron chi connectivity index (χ4n) is 14.5. The lowest BCUT2D eigenvalue weighted by atomic mass is 9.94. The molecule has 0 radical (unpaired) electrons. The minimum atomic E-state index is -6.73. The monoisotopic (exact) mass is 2420 g/mol. The number of hydrogen-bond acceptors (Lipinski definition) is 63. The number of ether oxygens (including phenoxy) is 16. The second-order valence-corrected chi connectivity index (χ2v) is 44.2. The number of carboxylic acids is 4. The summed E-state index contributed by atoms with van der Waals surface area (Å²) >= 11 is 0. The molecule has 97 heteroatoms. The van der Waals surface area contributed by atoms with Crippen molar-refractivity contribution < 1.29 is 363 Å². The largest absolute Gasteiger partial charge is 0.479 e. The number of aliphatic hydroxyl groups is 8. The van der Waals surface area contributed by atoms with Crippen molar-refractivity contribution in [3.8, 4) is 0 Å². The highest BCUT2D eigenvalue weighted by molar-refractivity contribution is 7.85. The molecule has 8 fully saturated rings. The van der Waals surface area contributed by atoms with Crippen molar-refractivity contribution in [1.82, 2.24) is 18.9 Å². The van der Waals surface area contributed by atoms with E-state index in [9.17, 15) is 249 Å². The number of rotatable bonds is 49. The quantitative estimate of drug-likeness (QED) is 0.0252. The average molecular weight is 2420 g/mol. The smallest absolute Gasteiger partial charge is 0.397 e. The minimum absolute atomic E-state index is 0.654. The Morgan fingerprint density at radius 3 is 0.651 bits per heavy atom. The third-order valence-electron chi connectivity index (χ3n) is 19.8. The minimum Gasteiger partial charge on any atom is -0.479 e. The normalized spacial score (nSPS) is 38.6. The molecule has 0 unspecified atom stereocenters. The fraction of sp³-hybridized carbons (Fsp3) is 0.918. The van der Waals surface area contributed by atoms with Crippen LogP contribution in [0.4, 0.5) is 0 Å². The Bertz CT molecular complexity index is 6210. The van der Waals surface area contributed by atoms with Crippen molar-refractivity contribution in [3.63, 3.8) is 0 Å². The van der Waals surface area contributed by atoms with Gasteiger partial charge >= 0.3 is 159 Å². The molecular formula is C49H80N4O80S13. The van der Waals surface area contributed by atoms with Gasteiger partial charge in [0.15, 0.2) is 99.2 Å². The van der Waals surface area contributed by atoms with Crippen LogP contribution in [0.1, 0.15) is 0 Å². The number of nitrogens with one attached hydrogen (secondary N) is 4. The van der Waals surface area contributed by atoms with Gasteiger partial charge in [0, 0.05) is 7.11 Å². The third-order valence-corrected chi connectivity index (χ3v) is 26.2. The summed E-state index contributed by atoms with van der Waals surface area (Å²) in [7, 11) is -80.2. The Labute approximate surface area is 814 Å². The van der Waals surface area contributed by atoms with Gasteiger partial charge < -0.3 is 137 Å². The van der Waals surface area contributed by atoms with Crippen molar-refractivity contribution in [2.75, 3.05) is 33.5 Å². The fourth-order valence-corrected chi connectivity index (χ4v) is 20.6. The summed E-state index contributed by atoms with van der Waals surface area (Å²) in [5.74, 6) is -10.6. The first-order chi connectivity index (χ1) is 66.0. The zero-order valence-electron chi connectivity index (χ0n) is 69.9. The van der Waals surface area contributed by atoms with E-state index in [1.54, 1.807) is 0 Å². The Morgan fingerprint density at radius 2 is 0.418 bits per heavy atom. The average Bonchev–Trinajstić information content (AvgIpc) is 0.743. The lowest BCUT2D eigenvalue weighted by Crippen LogP contribution is -2.72. The maximum Gasteiger partial charge on any atom is 0.397 e. The highest BCUT2D eigenvalue weighted by atomic mass is 32.3. The molecule has 8 rings (SSSR count). The first-order valence-electron chi connectivity index (χ1n) is 37.5. The van der Waals surface area contributed by atoms with Gasteiger partial charge in [-0.05, 0) is 0 Å². The van der Waals surface area contributed by atoms with Crippen molar-refractivity contribution in [2.24, 2.45) is 0 Å². The van der Waals surface area contributed by atoms with E-state index >= 15 is 0 Å². The lowest BCUT2D eigenvalue weighted by Gasteiger charge is -2.51. The first kappa shape index (κ1) is 126. The van der Waals surface area contributed by atoms with Crippen molar-refractivity contribution in [2.45, 2.75) is 245 Å². The molecule has 0 aromatic rings. The van der Waals surface area contributed by atoms with Gasteiger partial charge in [0.05, 0.1) is 26.4 Å². The molecule has 8 aliphatic rings. The topological polar surface area (TPSA) is 1300 Å². The van der Waals surface area contributed by atoms with Crippen LogP contribution >= 0.6 is 0 Å². The van der Waals surface area contributed by atoms with Gasteiger partial charge in [-0.1, -0.05) is 0 Å². The second-order valence-electron chi connectivity index (χ2n) is 29.9. The molecule has 0 aromatic carbocycles. The summed E-state index contributed by atoms with van der Waals surface area (Å²) in [5.41, 5.74) is 0. The summed E-state index contributed by atoms with van der Waals surface area (Å²) in [6.07, 6.45) is -118. The maximum absolute atomic E-state index is 13.6. The van der Waals surface area contributed by atoms with Gasteiger partial charge in [-0.3, -0.25) is 59.2 Å². The predicted molar refractivity (Wildman–Crippen MR) is 415 cm³/mol. The molecule has 8 saturated heterocycles. The van der Waals surface area contributed by atoms with E-state index in [0.717, 1.165) is 14.2 Å². The standard InChI is InChI=1S/C49H80N4O80S13/c1-109-42-10(50-134(70,71)72)14(54)22(6(114-42)2-110-138(82,83)84)119-47-33(132-145(103,104)105)21(61)29(37(127-47)41(68)69)124-45-13(53-137(79,80)81)26(129-142(94,95)96)25(9(117-45)5-113-141(91,92)93)121-49-34(133-146(106,107)108)20(60)28(36(128-49)40(66)67)123-44-12(52-136(76,77)78)16(56)24(8(116-44)4-112-140(88,89)90)120-48-32(131-144(100,101)102)19(59)27(35(126-48)39(64)65)122-43-11(51-135(73,74)75)15(55)23(7(115-43)3-111-139(85,86)87)118-46-31(130-143(97,98)99)18(58)17(57)30(125-46)38(62)63/h6-37,42-61H,2-5H2,1H3,(H,62,63)(H,64,65)(H,66,67)(H,68,69)(H,70,71,72)(H,73,74,75)(H,76,77,78)(H,79,80,81)(H,82,83,84)(H,85,86,87)(H,88,89,90)(H,91,92,93)(H,94,95,96)(H,97,98,99)(H,100,101,102)(H,103,104,105)(H,106,107,108)/t6-,7-,8-,9-,10-,11-,12-,13-,14-,15-,16-,17+,18+,19+,20+,21+,22-,23-,24-,25-,26-,27+,28+,29+,30-,31-,32-,33-,34-,35-,36-,37-,42+,43-,44-,45-,46-,47-,48-,49-/m1/s1. The molecule has 40 atom stereocenters. The molecule has 0 amide bonds. The van der Waals surface area contributed by atoms with E-state index in [4.69, 9.17) is 75.8 Å². The van der Waals surface area contributed by atoms with Crippen molar-refractivity contribution in [3.05, 3.63) is 0 Å². The number of carboxylic acid groups (broad SMARTS) is 4. The molecule has 8 heterocycles. The van der Waals surface area contributed by atoms with E-state index in [-0.39, 0.29) is 0 Å². The SMILES string of the molecule is CO[C@H]1O[C@H](COS(=O)(=O)O)[C@@H](O[C@@H]2O[C@@H](C(=O)O)[C@@H](O[C@H]3O[C@H](COS(=O)(=O)O)[C@@H](O[C@@H]4O[C@@H](C(=O)O)[C@@H](O[C@H]5O[C@H](COS(=O)(=O)O)[C@@H](O[C@@H]6O[C@@H](C(=O)O)[C@@H](O[C@H]7O[C@H](COS(=O)(=O)O)[C@@H](O[C@@H]8O[C@@H](C(=O)O)[C@@H](O)[C@H](O)[C@H]8OS(=O)(=O)O)[C@H](O)[C@H]7NS(=O)(=O)O)[C@H](O)[C@H]6OS(=O)(=O)O)[C@H](O)[C@H]5NS(=O)(=O)O)[C@H](O)[C@H]4OS(=O)(=O)O)[C@H](OS(=O)(=O)O)[C@H]3NS(=O)(=O)O)[C@H](O)[C@H]2OS(=O)(=O)O)[C@H](O)[C@H]1NS(=O)(=O)O. The Balaban J connectivity index is 1.19. The van der Waals surface area contributed by atoms with E-state index in [2.05, 4.69) is 37.6 Å². The molecule has 0 aromatic heterocycles. The van der Waals surface area contributed by atoms with Crippen LogP contribution in [-0.2, 0) is 267 Å². The Morgan fingerprint density at radius 1 is 0.219 bits per heavy atom. The summed E-state index contributed by atoms with van der Waals surface area (Å²) in [5, 5.41) is 135. The van der Waals surface area contributed by atoms with Crippen LogP contribution in [0.15, 0.2) is 0 Å². The van der Waals surface area contributed by atoms with E-state index in [1.165, 1.54) is 4.72 Å². The molecule has 0 bridgehead atoms. The van der Waals surface area contributed by atoms with Gasteiger partial charge in [0.25, 0.3) is 0 Å². The molecule has 0 aliphatic carbocycles.